The van der Waals surface area contributed by atoms with Crippen molar-refractivity contribution in [3.8, 4) is 5.69 Å². The lowest BCUT2D eigenvalue weighted by atomic mass is 10.2. The molecule has 4 rings (SSSR count). The molecule has 0 N–H and O–H groups in total. The van der Waals surface area contributed by atoms with Gasteiger partial charge in [0.15, 0.2) is 6.61 Å². The van der Waals surface area contributed by atoms with Crippen LogP contribution in [0.15, 0.2) is 66.9 Å². The molecule has 7 nitrogen and oxygen atoms in total. The fourth-order valence-electron chi connectivity index (χ4n) is 3.59. The summed E-state index contributed by atoms with van der Waals surface area (Å²) in [4.78, 5) is 29.0. The Kier molecular flexibility index (Phi) is 5.79. The average Bonchev–Trinajstić information content (AvgIpc) is 3.20. The predicted molar refractivity (Wildman–Crippen MR) is 114 cm³/mol. The zero-order valence-electron chi connectivity index (χ0n) is 16.9. The minimum atomic E-state index is -0.536. The van der Waals surface area contributed by atoms with E-state index in [-0.39, 0.29) is 12.5 Å². The molecule has 0 radical (unpaired) electrons. The van der Waals surface area contributed by atoms with Crippen molar-refractivity contribution in [1.29, 1.82) is 0 Å². The number of benzene rings is 2. The Morgan fingerprint density at radius 1 is 0.900 bits per heavy atom. The van der Waals surface area contributed by atoms with Crippen LogP contribution in [-0.4, -0.2) is 59.3 Å². The van der Waals surface area contributed by atoms with Crippen LogP contribution in [0.1, 0.15) is 16.1 Å². The predicted octanol–water partition coefficient (Wildman–Crippen LogP) is 2.69. The minimum absolute atomic E-state index is 0.177. The highest BCUT2D eigenvalue weighted by Gasteiger charge is 2.23. The molecule has 1 aliphatic heterocycles. The highest BCUT2D eigenvalue weighted by atomic mass is 16.5. The third kappa shape index (κ3) is 4.20. The number of piperazine rings is 1. The molecule has 154 valence electrons. The minimum Gasteiger partial charge on any atom is -0.452 e. The number of aromatic nitrogens is 2. The van der Waals surface area contributed by atoms with Crippen LogP contribution in [0.25, 0.3) is 5.69 Å². The van der Waals surface area contributed by atoms with Gasteiger partial charge in [-0.2, -0.15) is 5.10 Å². The fourth-order valence-corrected chi connectivity index (χ4v) is 3.59. The molecule has 0 saturated carbocycles. The first-order valence-electron chi connectivity index (χ1n) is 9.98. The van der Waals surface area contributed by atoms with Gasteiger partial charge >= 0.3 is 5.97 Å². The average molecular weight is 404 g/mol. The van der Waals surface area contributed by atoms with Gasteiger partial charge in [0.05, 0.1) is 17.6 Å². The normalized spacial score (nSPS) is 13.9. The molecule has 1 aliphatic rings. The molecule has 3 aromatic rings. The monoisotopic (exact) mass is 404 g/mol. The SMILES string of the molecule is Cc1c(C(=O)OCC(=O)N2CCN(c3ccccc3)CC2)cnn1-c1ccccc1. The van der Waals surface area contributed by atoms with Gasteiger partial charge in [-0.25, -0.2) is 9.48 Å². The molecule has 30 heavy (non-hydrogen) atoms. The van der Waals surface area contributed by atoms with Gasteiger partial charge in [-0.15, -0.1) is 0 Å². The maximum Gasteiger partial charge on any atom is 0.342 e. The number of ether oxygens (including phenoxy) is 1. The van der Waals surface area contributed by atoms with E-state index < -0.39 is 5.97 Å². The van der Waals surface area contributed by atoms with E-state index in [1.54, 1.807) is 16.5 Å². The Balaban J connectivity index is 1.30. The molecule has 1 aromatic heterocycles. The number of esters is 1. The molecular weight excluding hydrogens is 380 g/mol. The number of anilines is 1. The lowest BCUT2D eigenvalue weighted by Crippen LogP contribution is -2.49. The van der Waals surface area contributed by atoms with Gasteiger partial charge in [0.1, 0.15) is 5.56 Å². The molecule has 7 heteroatoms. The van der Waals surface area contributed by atoms with Crippen molar-refractivity contribution in [3.63, 3.8) is 0 Å². The standard InChI is InChI=1S/C23H24N4O3/c1-18-21(16-24-27(18)20-10-6-3-7-11-20)23(29)30-17-22(28)26-14-12-25(13-15-26)19-8-4-2-5-9-19/h2-11,16H,12-15,17H2,1H3. The van der Waals surface area contributed by atoms with Crippen LogP contribution in [0.5, 0.6) is 0 Å². The third-order valence-corrected chi connectivity index (χ3v) is 5.31. The van der Waals surface area contributed by atoms with Crippen LogP contribution >= 0.6 is 0 Å². The van der Waals surface area contributed by atoms with Crippen molar-refractivity contribution in [1.82, 2.24) is 14.7 Å². The number of nitrogens with zero attached hydrogens (tertiary/aromatic N) is 4. The summed E-state index contributed by atoms with van der Waals surface area (Å²) in [6, 6.07) is 19.7. The maximum absolute atomic E-state index is 12.5. The van der Waals surface area contributed by atoms with Crippen LogP contribution in [0, 0.1) is 6.92 Å². The van der Waals surface area contributed by atoms with Crippen LogP contribution in [0.3, 0.4) is 0 Å². The van der Waals surface area contributed by atoms with Crippen LogP contribution < -0.4 is 4.90 Å². The van der Waals surface area contributed by atoms with Crippen molar-refractivity contribution in [3.05, 3.63) is 78.1 Å². The van der Waals surface area contributed by atoms with E-state index in [1.165, 1.54) is 6.20 Å². The second kappa shape index (κ2) is 8.82. The van der Waals surface area contributed by atoms with E-state index in [2.05, 4.69) is 22.1 Å². The van der Waals surface area contributed by atoms with E-state index in [0.717, 1.165) is 24.5 Å². The molecule has 1 saturated heterocycles. The molecule has 2 aromatic carbocycles. The molecule has 0 atom stereocenters. The summed E-state index contributed by atoms with van der Waals surface area (Å²) in [6.45, 7) is 4.27. The second-order valence-electron chi connectivity index (χ2n) is 7.17. The number of carbonyl (C=O) groups excluding carboxylic acids is 2. The van der Waals surface area contributed by atoms with Crippen molar-refractivity contribution >= 4 is 17.6 Å². The fraction of sp³-hybridized carbons (Fsp3) is 0.261. The molecular formula is C23H24N4O3. The van der Waals surface area contributed by atoms with Gasteiger partial charge in [-0.1, -0.05) is 36.4 Å². The Bertz CT molecular complexity index is 1010. The smallest absolute Gasteiger partial charge is 0.342 e. The summed E-state index contributed by atoms with van der Waals surface area (Å²) in [6.07, 6.45) is 1.48. The van der Waals surface area contributed by atoms with Gasteiger partial charge < -0.3 is 14.5 Å². The molecule has 0 spiro atoms. The number of amides is 1. The largest absolute Gasteiger partial charge is 0.452 e. The van der Waals surface area contributed by atoms with E-state index in [4.69, 9.17) is 4.74 Å². The van der Waals surface area contributed by atoms with Gasteiger partial charge in [-0.05, 0) is 31.2 Å². The van der Waals surface area contributed by atoms with Crippen molar-refractivity contribution in [2.24, 2.45) is 0 Å². The van der Waals surface area contributed by atoms with Crippen LogP contribution in [-0.2, 0) is 9.53 Å². The summed E-state index contributed by atoms with van der Waals surface area (Å²) in [5, 5.41) is 4.28. The molecule has 0 unspecified atom stereocenters. The zero-order valence-corrected chi connectivity index (χ0v) is 16.9. The second-order valence-corrected chi connectivity index (χ2v) is 7.17. The Morgan fingerprint density at radius 3 is 2.13 bits per heavy atom. The Morgan fingerprint density at radius 2 is 1.50 bits per heavy atom. The molecule has 1 amide bonds. The third-order valence-electron chi connectivity index (χ3n) is 5.31. The number of para-hydroxylation sites is 2. The van der Waals surface area contributed by atoms with Crippen LogP contribution in [0.2, 0.25) is 0 Å². The van der Waals surface area contributed by atoms with Crippen molar-refractivity contribution in [2.45, 2.75) is 6.92 Å². The van der Waals surface area contributed by atoms with E-state index in [1.807, 2.05) is 48.5 Å². The zero-order chi connectivity index (χ0) is 20.9. The van der Waals surface area contributed by atoms with Crippen LogP contribution in [0.4, 0.5) is 5.69 Å². The number of rotatable bonds is 5. The van der Waals surface area contributed by atoms with Gasteiger partial charge in [0.2, 0.25) is 0 Å². The Hall–Kier alpha value is -3.61. The molecule has 0 aliphatic carbocycles. The molecule has 0 bridgehead atoms. The first kappa shape index (κ1) is 19.7. The maximum atomic E-state index is 12.5. The summed E-state index contributed by atoms with van der Waals surface area (Å²) in [5.74, 6) is -0.713. The summed E-state index contributed by atoms with van der Waals surface area (Å²) >= 11 is 0. The number of hydrogen-bond acceptors (Lipinski definition) is 5. The highest BCUT2D eigenvalue weighted by molar-refractivity contribution is 5.92. The summed E-state index contributed by atoms with van der Waals surface area (Å²) < 4.78 is 6.97. The molecule has 2 heterocycles. The van der Waals surface area contributed by atoms with Crippen molar-refractivity contribution < 1.29 is 14.3 Å². The van der Waals surface area contributed by atoms with Gasteiger partial charge in [-0.3, -0.25) is 4.79 Å². The Labute approximate surface area is 175 Å². The number of hydrogen-bond donors (Lipinski definition) is 0. The molecule has 1 fully saturated rings. The van der Waals surface area contributed by atoms with E-state index in [0.29, 0.717) is 24.3 Å². The van der Waals surface area contributed by atoms with Crippen molar-refractivity contribution in [2.75, 3.05) is 37.7 Å². The lowest BCUT2D eigenvalue weighted by molar-refractivity contribution is -0.134. The van der Waals surface area contributed by atoms with Gasteiger partial charge in [0.25, 0.3) is 5.91 Å². The quantitative estimate of drug-likeness (QED) is 0.612. The lowest BCUT2D eigenvalue weighted by Gasteiger charge is -2.36. The first-order chi connectivity index (χ1) is 14.6. The van der Waals surface area contributed by atoms with E-state index >= 15 is 0 Å². The van der Waals surface area contributed by atoms with E-state index in [9.17, 15) is 9.59 Å². The highest BCUT2D eigenvalue weighted by Crippen LogP contribution is 2.17. The number of carbonyl (C=O) groups is 2. The topological polar surface area (TPSA) is 67.7 Å². The summed E-state index contributed by atoms with van der Waals surface area (Å²) in [7, 11) is 0. The first-order valence-corrected chi connectivity index (χ1v) is 9.98. The summed E-state index contributed by atoms with van der Waals surface area (Å²) in [5.41, 5.74) is 3.05. The van der Waals surface area contributed by atoms with Gasteiger partial charge in [0, 0.05) is 31.9 Å².